The highest BCUT2D eigenvalue weighted by molar-refractivity contribution is 5.96. The van der Waals surface area contributed by atoms with Gasteiger partial charge in [-0.2, -0.15) is 10.2 Å². The molecule has 0 saturated carbocycles. The highest BCUT2D eigenvalue weighted by Crippen LogP contribution is 2.37. The first-order chi connectivity index (χ1) is 12.3. The van der Waals surface area contributed by atoms with Crippen LogP contribution in [-0.4, -0.2) is 44.2 Å². The highest BCUT2D eigenvalue weighted by Gasteiger charge is 2.25. The van der Waals surface area contributed by atoms with Crippen LogP contribution in [-0.2, 0) is 4.74 Å². The van der Waals surface area contributed by atoms with Gasteiger partial charge in [-0.15, -0.1) is 0 Å². The molecule has 0 unspecified atom stereocenters. The van der Waals surface area contributed by atoms with Crippen molar-refractivity contribution in [2.24, 2.45) is 0 Å². The van der Waals surface area contributed by atoms with Crippen molar-refractivity contribution in [3.8, 4) is 23.1 Å². The highest BCUT2D eigenvalue weighted by atomic mass is 16.5. The summed E-state index contributed by atoms with van der Waals surface area (Å²) >= 11 is 0. The van der Waals surface area contributed by atoms with Gasteiger partial charge in [0.15, 0.2) is 6.29 Å². The predicted octanol–water partition coefficient (Wildman–Crippen LogP) is 2.67. The molecule has 0 spiro atoms. The topological polar surface area (TPSA) is 75.5 Å². The van der Waals surface area contributed by atoms with Crippen molar-refractivity contribution >= 4 is 12.1 Å². The number of benzene rings is 1. The largest absolute Gasteiger partial charge is 0.477 e. The Morgan fingerprint density at radius 1 is 1.32 bits per heavy atom. The van der Waals surface area contributed by atoms with E-state index in [0.29, 0.717) is 49.9 Å². The van der Waals surface area contributed by atoms with E-state index in [1.165, 1.54) is 0 Å². The summed E-state index contributed by atoms with van der Waals surface area (Å²) in [5.74, 6) is 0.801. The van der Waals surface area contributed by atoms with E-state index in [0.717, 1.165) is 11.8 Å². The Labute approximate surface area is 146 Å². The van der Waals surface area contributed by atoms with Crippen molar-refractivity contribution in [1.82, 2.24) is 4.98 Å². The number of carbonyl (C=O) groups excluding carboxylic acids is 1. The van der Waals surface area contributed by atoms with Gasteiger partial charge in [0.05, 0.1) is 25.4 Å². The smallest absolute Gasteiger partial charge is 0.234 e. The first-order valence-corrected chi connectivity index (χ1v) is 8.24. The van der Waals surface area contributed by atoms with Gasteiger partial charge >= 0.3 is 0 Å². The zero-order valence-corrected chi connectivity index (χ0v) is 14.1. The number of aromatic nitrogens is 1. The average Bonchev–Trinajstić information content (AvgIpc) is 2.68. The number of hydrogen-bond acceptors (Lipinski definition) is 6. The first-order valence-electron chi connectivity index (χ1n) is 8.24. The van der Waals surface area contributed by atoms with Gasteiger partial charge in [-0.3, -0.25) is 4.79 Å². The standard InChI is InChI=1S/C19H19N3O3/c1-2-25-19-15(12-20)17(14-6-4-3-5-7-14)16(13-23)18(21-19)22-8-10-24-11-9-22/h3-7,13H,2,8-11H2,1H3. The van der Waals surface area contributed by atoms with Crippen LogP contribution in [0.25, 0.3) is 11.1 Å². The number of carbonyl (C=O) groups is 1. The zero-order valence-electron chi connectivity index (χ0n) is 14.1. The van der Waals surface area contributed by atoms with Crippen LogP contribution in [0.1, 0.15) is 22.8 Å². The first kappa shape index (κ1) is 16.9. The van der Waals surface area contributed by atoms with Gasteiger partial charge in [0.1, 0.15) is 17.5 Å². The number of aldehydes is 1. The van der Waals surface area contributed by atoms with Crippen molar-refractivity contribution in [3.05, 3.63) is 41.5 Å². The Morgan fingerprint density at radius 3 is 2.64 bits per heavy atom. The van der Waals surface area contributed by atoms with Crippen molar-refractivity contribution in [2.45, 2.75) is 6.92 Å². The second-order valence-corrected chi connectivity index (χ2v) is 5.53. The third kappa shape index (κ3) is 3.32. The number of hydrogen-bond donors (Lipinski definition) is 0. The normalized spacial score (nSPS) is 14.0. The minimum absolute atomic E-state index is 0.260. The summed E-state index contributed by atoms with van der Waals surface area (Å²) < 4.78 is 11.0. The van der Waals surface area contributed by atoms with Crippen molar-refractivity contribution in [2.75, 3.05) is 37.8 Å². The van der Waals surface area contributed by atoms with E-state index in [1.807, 2.05) is 42.2 Å². The van der Waals surface area contributed by atoms with Crippen LogP contribution in [0, 0.1) is 11.3 Å². The molecule has 2 aromatic rings. The van der Waals surface area contributed by atoms with Crippen molar-refractivity contribution in [3.63, 3.8) is 0 Å². The molecule has 1 aromatic carbocycles. The van der Waals surface area contributed by atoms with Gasteiger partial charge in [0, 0.05) is 18.7 Å². The third-order valence-electron chi connectivity index (χ3n) is 4.07. The molecule has 0 amide bonds. The van der Waals surface area contributed by atoms with Crippen molar-refractivity contribution < 1.29 is 14.3 Å². The Morgan fingerprint density at radius 2 is 2.04 bits per heavy atom. The molecular weight excluding hydrogens is 318 g/mol. The summed E-state index contributed by atoms with van der Waals surface area (Å²) in [5.41, 5.74) is 2.05. The van der Waals surface area contributed by atoms with Crippen LogP contribution in [0.15, 0.2) is 30.3 Å². The van der Waals surface area contributed by atoms with E-state index >= 15 is 0 Å². The van der Waals surface area contributed by atoms with Gasteiger partial charge in [-0.05, 0) is 12.5 Å². The Kier molecular flexibility index (Phi) is 5.26. The number of nitriles is 1. The fraction of sp³-hybridized carbons (Fsp3) is 0.316. The van der Waals surface area contributed by atoms with Crippen LogP contribution in [0.5, 0.6) is 5.88 Å². The van der Waals surface area contributed by atoms with Gasteiger partial charge in [0.2, 0.25) is 5.88 Å². The number of morpholine rings is 1. The van der Waals surface area contributed by atoms with Gasteiger partial charge in [-0.1, -0.05) is 30.3 Å². The molecule has 25 heavy (non-hydrogen) atoms. The summed E-state index contributed by atoms with van der Waals surface area (Å²) in [6.07, 6.45) is 0.774. The molecule has 0 radical (unpaired) electrons. The summed E-state index contributed by atoms with van der Waals surface area (Å²) in [4.78, 5) is 18.5. The molecule has 1 aliphatic rings. The molecule has 3 rings (SSSR count). The van der Waals surface area contributed by atoms with E-state index in [9.17, 15) is 10.1 Å². The zero-order chi connectivity index (χ0) is 17.6. The monoisotopic (exact) mass is 337 g/mol. The maximum atomic E-state index is 12.0. The lowest BCUT2D eigenvalue weighted by molar-refractivity contribution is 0.111. The molecule has 0 aliphatic carbocycles. The summed E-state index contributed by atoms with van der Waals surface area (Å²) in [6, 6.07) is 11.6. The van der Waals surface area contributed by atoms with Crippen LogP contribution in [0.2, 0.25) is 0 Å². The minimum Gasteiger partial charge on any atom is -0.477 e. The van der Waals surface area contributed by atoms with E-state index < -0.39 is 0 Å². The molecule has 0 bridgehead atoms. The summed E-state index contributed by atoms with van der Waals surface area (Å²) in [7, 11) is 0. The quantitative estimate of drug-likeness (QED) is 0.781. The molecule has 0 N–H and O–H groups in total. The van der Waals surface area contributed by atoms with E-state index in [1.54, 1.807) is 0 Å². The lowest BCUT2D eigenvalue weighted by atomic mass is 9.96. The van der Waals surface area contributed by atoms with Gasteiger partial charge in [0.25, 0.3) is 0 Å². The van der Waals surface area contributed by atoms with E-state index in [2.05, 4.69) is 11.1 Å². The minimum atomic E-state index is 0.260. The fourth-order valence-corrected chi connectivity index (χ4v) is 2.94. The van der Waals surface area contributed by atoms with E-state index in [4.69, 9.17) is 9.47 Å². The molecule has 6 nitrogen and oxygen atoms in total. The Balaban J connectivity index is 2.27. The van der Waals surface area contributed by atoms with Crippen LogP contribution < -0.4 is 9.64 Å². The number of anilines is 1. The molecule has 2 heterocycles. The molecular formula is C19H19N3O3. The third-order valence-corrected chi connectivity index (χ3v) is 4.07. The summed E-state index contributed by atoms with van der Waals surface area (Å²) in [5, 5.41) is 9.69. The molecule has 1 fully saturated rings. The Bertz CT molecular complexity index is 794. The number of nitrogens with zero attached hydrogens (tertiary/aromatic N) is 3. The second kappa shape index (κ2) is 7.77. The van der Waals surface area contributed by atoms with Crippen molar-refractivity contribution in [1.29, 1.82) is 5.26 Å². The van der Waals surface area contributed by atoms with Gasteiger partial charge in [-0.25, -0.2) is 0 Å². The van der Waals surface area contributed by atoms with Crippen LogP contribution >= 0.6 is 0 Å². The van der Waals surface area contributed by atoms with Crippen LogP contribution in [0.3, 0.4) is 0 Å². The molecule has 1 aliphatic heterocycles. The SMILES string of the molecule is CCOc1nc(N2CCOCC2)c(C=O)c(-c2ccccc2)c1C#N. The summed E-state index contributed by atoms with van der Waals surface area (Å²) in [6.45, 7) is 4.65. The molecule has 1 aromatic heterocycles. The Hall–Kier alpha value is -2.91. The second-order valence-electron chi connectivity index (χ2n) is 5.53. The molecule has 6 heteroatoms. The number of pyridine rings is 1. The van der Waals surface area contributed by atoms with Crippen LogP contribution in [0.4, 0.5) is 5.82 Å². The number of rotatable bonds is 5. The van der Waals surface area contributed by atoms with E-state index in [-0.39, 0.29) is 11.4 Å². The molecule has 0 atom stereocenters. The lowest BCUT2D eigenvalue weighted by Gasteiger charge is -2.30. The average molecular weight is 337 g/mol. The predicted molar refractivity (Wildman–Crippen MR) is 94.0 cm³/mol. The number of ether oxygens (including phenoxy) is 2. The lowest BCUT2D eigenvalue weighted by Crippen LogP contribution is -2.37. The molecule has 128 valence electrons. The molecule has 1 saturated heterocycles. The maximum absolute atomic E-state index is 12.0. The maximum Gasteiger partial charge on any atom is 0.234 e. The van der Waals surface area contributed by atoms with Gasteiger partial charge < -0.3 is 14.4 Å². The fourth-order valence-electron chi connectivity index (χ4n) is 2.94.